The highest BCUT2D eigenvalue weighted by Crippen LogP contribution is 2.37. The molecule has 11 heteroatoms. The number of thioether (sulfide) groups is 1. The largest absolute Gasteiger partial charge is 0.446 e. The van der Waals surface area contributed by atoms with E-state index >= 15 is 0 Å². The third-order valence-corrected chi connectivity index (χ3v) is 5.44. The lowest BCUT2D eigenvalue weighted by molar-refractivity contribution is -0.0328. The number of halogens is 3. The molecule has 142 valence electrons. The fourth-order valence-corrected chi connectivity index (χ4v) is 3.73. The van der Waals surface area contributed by atoms with Crippen LogP contribution in [0.15, 0.2) is 70.6 Å². The highest BCUT2D eigenvalue weighted by atomic mass is 32.2. The monoisotopic (exact) mass is 414 g/mol. The van der Waals surface area contributed by atoms with Gasteiger partial charge in [-0.1, -0.05) is 35.5 Å². The maximum atomic E-state index is 12.3. The summed E-state index contributed by atoms with van der Waals surface area (Å²) in [5.41, 5.74) is -3.47. The minimum Gasteiger partial charge on any atom is -0.261 e. The number of sulfonamides is 1. The molecule has 1 N–H and O–H groups in total. The number of nitrogens with zero attached hydrogens (tertiary/aromatic N) is 3. The Balaban J connectivity index is 1.69. The van der Waals surface area contributed by atoms with Crippen molar-refractivity contribution in [3.05, 3.63) is 66.4 Å². The molecule has 0 radical (unpaired) electrons. The summed E-state index contributed by atoms with van der Waals surface area (Å²) in [6.45, 7) is 0.416. The quantitative estimate of drug-likeness (QED) is 0.622. The van der Waals surface area contributed by atoms with Crippen molar-refractivity contribution in [3.8, 4) is 0 Å². The van der Waals surface area contributed by atoms with Gasteiger partial charge in [0.25, 0.3) is 10.0 Å². The van der Waals surface area contributed by atoms with E-state index in [1.54, 1.807) is 0 Å². The van der Waals surface area contributed by atoms with E-state index in [0.29, 0.717) is 6.54 Å². The van der Waals surface area contributed by atoms with E-state index < -0.39 is 15.5 Å². The first-order valence-corrected chi connectivity index (χ1v) is 9.84. The summed E-state index contributed by atoms with van der Waals surface area (Å²) in [7, 11) is -3.99. The highest BCUT2D eigenvalue weighted by molar-refractivity contribution is 8.00. The number of hydrogen-bond acceptors (Lipinski definition) is 5. The smallest absolute Gasteiger partial charge is 0.261 e. The van der Waals surface area contributed by atoms with Crippen molar-refractivity contribution < 1.29 is 21.6 Å². The van der Waals surface area contributed by atoms with Crippen LogP contribution in [0.25, 0.3) is 0 Å². The maximum Gasteiger partial charge on any atom is 0.446 e. The number of aromatic nitrogens is 3. The van der Waals surface area contributed by atoms with Gasteiger partial charge >= 0.3 is 5.51 Å². The minimum absolute atomic E-state index is 0.0136. The average molecular weight is 414 g/mol. The van der Waals surface area contributed by atoms with Crippen LogP contribution in [0.1, 0.15) is 5.56 Å². The molecule has 1 heterocycles. The number of benzene rings is 2. The zero-order chi connectivity index (χ0) is 19.5. The summed E-state index contributed by atoms with van der Waals surface area (Å²) in [6, 6.07) is 13.8. The molecule has 1 aromatic heterocycles. The van der Waals surface area contributed by atoms with Crippen molar-refractivity contribution in [1.82, 2.24) is 15.0 Å². The van der Waals surface area contributed by atoms with Crippen LogP contribution in [0.2, 0.25) is 0 Å². The van der Waals surface area contributed by atoms with Gasteiger partial charge in [-0.3, -0.25) is 4.72 Å². The summed E-state index contributed by atoms with van der Waals surface area (Å²) >= 11 is -0.313. The molecule has 0 atom stereocenters. The number of nitrogens with one attached hydrogen (secondary N) is 1. The minimum atomic E-state index is -4.43. The van der Waals surface area contributed by atoms with Gasteiger partial charge in [-0.15, -0.1) is 5.10 Å². The number of rotatable bonds is 6. The first kappa shape index (κ1) is 19.2. The van der Waals surface area contributed by atoms with Gasteiger partial charge in [0.2, 0.25) is 0 Å². The van der Waals surface area contributed by atoms with Gasteiger partial charge in [-0.2, -0.15) is 13.2 Å². The molecule has 27 heavy (non-hydrogen) atoms. The van der Waals surface area contributed by atoms with Gasteiger partial charge in [0.15, 0.2) is 5.82 Å². The molecule has 0 fully saturated rings. The predicted octanol–water partition coefficient (Wildman–Crippen LogP) is 3.74. The van der Waals surface area contributed by atoms with Crippen molar-refractivity contribution in [3.63, 3.8) is 0 Å². The van der Waals surface area contributed by atoms with Gasteiger partial charge in [-0.25, -0.2) is 13.1 Å². The van der Waals surface area contributed by atoms with E-state index in [4.69, 9.17) is 0 Å². The van der Waals surface area contributed by atoms with Crippen molar-refractivity contribution in [2.45, 2.75) is 21.8 Å². The van der Waals surface area contributed by atoms with Crippen molar-refractivity contribution >= 4 is 27.6 Å². The van der Waals surface area contributed by atoms with Crippen LogP contribution >= 0.6 is 11.8 Å². The van der Waals surface area contributed by atoms with Crippen LogP contribution in [0.3, 0.4) is 0 Å². The van der Waals surface area contributed by atoms with E-state index in [-0.39, 0.29) is 27.4 Å². The Labute approximate surface area is 157 Å². The third kappa shape index (κ3) is 5.47. The normalized spacial score (nSPS) is 12.1. The Kier molecular flexibility index (Phi) is 5.42. The van der Waals surface area contributed by atoms with E-state index in [2.05, 4.69) is 15.0 Å². The summed E-state index contributed by atoms with van der Waals surface area (Å²) in [4.78, 5) is -0.276. The maximum absolute atomic E-state index is 12.3. The summed E-state index contributed by atoms with van der Waals surface area (Å²) in [6.07, 6.45) is 1.43. The van der Waals surface area contributed by atoms with Gasteiger partial charge in [-0.05, 0) is 41.6 Å². The topological polar surface area (TPSA) is 76.9 Å². The van der Waals surface area contributed by atoms with Crippen molar-refractivity contribution in [2.75, 3.05) is 4.72 Å². The highest BCUT2D eigenvalue weighted by Gasteiger charge is 2.29. The molecule has 6 nitrogen and oxygen atoms in total. The lowest BCUT2D eigenvalue weighted by Crippen LogP contribution is -2.13. The molecule has 0 saturated carbocycles. The zero-order valence-electron chi connectivity index (χ0n) is 13.6. The van der Waals surface area contributed by atoms with Crippen LogP contribution < -0.4 is 4.72 Å². The fourth-order valence-electron chi connectivity index (χ4n) is 2.21. The average Bonchev–Trinajstić information content (AvgIpc) is 3.01. The molecule has 3 rings (SSSR count). The van der Waals surface area contributed by atoms with Gasteiger partial charge < -0.3 is 0 Å². The van der Waals surface area contributed by atoms with Gasteiger partial charge in [0.05, 0.1) is 17.6 Å². The van der Waals surface area contributed by atoms with Crippen molar-refractivity contribution in [1.29, 1.82) is 0 Å². The molecule has 0 amide bonds. The van der Waals surface area contributed by atoms with E-state index in [9.17, 15) is 21.6 Å². The molecule has 3 aromatic rings. The number of alkyl halides is 3. The van der Waals surface area contributed by atoms with Crippen LogP contribution in [0.4, 0.5) is 19.0 Å². The second-order valence-electron chi connectivity index (χ2n) is 5.41. The standard InChI is InChI=1S/C16H13F3N4O2S2/c17-16(18,19)26-13-6-8-14(9-7-13)27(24,25)21-15-11-23(22-20-15)10-12-4-2-1-3-5-12/h1-9,11,21H,10H2. The Morgan fingerprint density at radius 3 is 2.33 bits per heavy atom. The second kappa shape index (κ2) is 7.61. The lowest BCUT2D eigenvalue weighted by Gasteiger charge is -2.07. The van der Waals surface area contributed by atoms with E-state index in [1.807, 2.05) is 30.3 Å². The molecule has 0 aliphatic heterocycles. The molecule has 0 bridgehead atoms. The van der Waals surface area contributed by atoms with Crippen LogP contribution in [0, 0.1) is 0 Å². The predicted molar refractivity (Wildman–Crippen MR) is 94.7 cm³/mol. The molecule has 0 aliphatic rings. The lowest BCUT2D eigenvalue weighted by atomic mass is 10.2. The molecule has 2 aromatic carbocycles. The van der Waals surface area contributed by atoms with Crippen LogP contribution in [0.5, 0.6) is 0 Å². The molecule has 0 saturated heterocycles. The second-order valence-corrected chi connectivity index (χ2v) is 8.23. The molecular weight excluding hydrogens is 401 g/mol. The Hall–Kier alpha value is -2.53. The molecular formula is C16H13F3N4O2S2. The third-order valence-electron chi connectivity index (χ3n) is 3.33. The van der Waals surface area contributed by atoms with Crippen LogP contribution in [-0.2, 0) is 16.6 Å². The number of anilines is 1. The Morgan fingerprint density at radius 2 is 1.70 bits per heavy atom. The SMILES string of the molecule is O=S(=O)(Nc1cn(Cc2ccccc2)nn1)c1ccc(SC(F)(F)F)cc1. The first-order valence-electron chi connectivity index (χ1n) is 7.54. The summed E-state index contributed by atoms with van der Waals surface area (Å²) < 4.78 is 65.4. The molecule has 0 unspecified atom stereocenters. The molecule has 0 aliphatic carbocycles. The Bertz CT molecular complexity index is 1000. The van der Waals surface area contributed by atoms with E-state index in [1.165, 1.54) is 10.9 Å². The fraction of sp³-hybridized carbons (Fsp3) is 0.125. The summed E-state index contributed by atoms with van der Waals surface area (Å²) in [5.74, 6) is 0.0136. The van der Waals surface area contributed by atoms with Crippen LogP contribution in [-0.4, -0.2) is 28.9 Å². The first-order chi connectivity index (χ1) is 12.7. The summed E-state index contributed by atoms with van der Waals surface area (Å²) in [5, 5.41) is 7.61. The van der Waals surface area contributed by atoms with Gasteiger partial charge in [0.1, 0.15) is 0 Å². The van der Waals surface area contributed by atoms with Crippen molar-refractivity contribution in [2.24, 2.45) is 0 Å². The van der Waals surface area contributed by atoms with Gasteiger partial charge in [0, 0.05) is 4.90 Å². The Morgan fingerprint density at radius 1 is 1.04 bits per heavy atom. The molecule has 0 spiro atoms. The number of hydrogen-bond donors (Lipinski definition) is 1. The zero-order valence-corrected chi connectivity index (χ0v) is 15.2. The van der Waals surface area contributed by atoms with E-state index in [0.717, 1.165) is 29.8 Å².